The Kier molecular flexibility index (Phi) is 5.11. The Hall–Kier alpha value is -2.76. The van der Waals surface area contributed by atoms with Crippen LogP contribution >= 0.6 is 11.3 Å². The molecule has 0 aliphatic rings. The molecule has 0 fully saturated rings. The second-order valence-electron chi connectivity index (χ2n) is 6.06. The lowest BCUT2D eigenvalue weighted by molar-refractivity contribution is 0.543. The van der Waals surface area contributed by atoms with E-state index in [0.29, 0.717) is 16.7 Å². The van der Waals surface area contributed by atoms with Gasteiger partial charge in [0.1, 0.15) is 22.3 Å². The molecule has 0 saturated carbocycles. The summed E-state index contributed by atoms with van der Waals surface area (Å²) in [4.78, 5) is 4.20. The largest absolute Gasteiger partial charge is 0.243 e. The first-order chi connectivity index (χ1) is 13.8. The summed E-state index contributed by atoms with van der Waals surface area (Å²) in [5.74, 6) is -2.24. The molecule has 29 heavy (non-hydrogen) atoms. The fourth-order valence-electron chi connectivity index (χ4n) is 2.74. The number of hydrogen-bond donors (Lipinski definition) is 1. The summed E-state index contributed by atoms with van der Waals surface area (Å²) in [6, 6.07) is 8.38. The van der Waals surface area contributed by atoms with E-state index in [0.717, 1.165) is 12.1 Å². The third-order valence-corrected chi connectivity index (χ3v) is 6.48. The van der Waals surface area contributed by atoms with Gasteiger partial charge in [-0.15, -0.1) is 16.4 Å². The quantitative estimate of drug-likeness (QED) is 0.501. The molecule has 0 aliphatic carbocycles. The van der Waals surface area contributed by atoms with Crippen molar-refractivity contribution in [1.29, 1.82) is 0 Å². The van der Waals surface area contributed by atoms with Gasteiger partial charge in [-0.05, 0) is 24.3 Å². The Labute approximate surface area is 167 Å². The Balaban J connectivity index is 1.51. The van der Waals surface area contributed by atoms with E-state index >= 15 is 0 Å². The van der Waals surface area contributed by atoms with Crippen molar-refractivity contribution in [2.75, 3.05) is 6.54 Å². The maximum absolute atomic E-state index is 13.9. The summed E-state index contributed by atoms with van der Waals surface area (Å²) in [7, 11) is -4.14. The zero-order valence-electron chi connectivity index (χ0n) is 14.6. The van der Waals surface area contributed by atoms with Crippen molar-refractivity contribution in [1.82, 2.24) is 19.3 Å². The van der Waals surface area contributed by atoms with Crippen LogP contribution in [0.1, 0.15) is 5.69 Å². The lowest BCUT2D eigenvalue weighted by Gasteiger charge is -2.07. The molecule has 0 atom stereocenters. The summed E-state index contributed by atoms with van der Waals surface area (Å²) >= 11 is 1.28. The van der Waals surface area contributed by atoms with Gasteiger partial charge in [-0.2, -0.15) is 4.98 Å². The van der Waals surface area contributed by atoms with E-state index < -0.39 is 32.4 Å². The molecule has 0 radical (unpaired) electrons. The highest BCUT2D eigenvalue weighted by atomic mass is 32.2. The minimum absolute atomic E-state index is 0.0418. The predicted molar refractivity (Wildman–Crippen MR) is 102 cm³/mol. The molecule has 11 heteroatoms. The number of rotatable bonds is 6. The van der Waals surface area contributed by atoms with Crippen LogP contribution in [0.5, 0.6) is 0 Å². The SMILES string of the molecule is O=S(=O)(NCCc1csc2nc(-c3ccccc3F)nn12)c1ccc(F)cc1F. The molecule has 2 heterocycles. The topological polar surface area (TPSA) is 76.4 Å². The molecule has 150 valence electrons. The fraction of sp³-hybridized carbons (Fsp3) is 0.111. The molecule has 0 aliphatic heterocycles. The standard InChI is InChI=1S/C18H13F3N4O2S2/c19-11-5-6-16(15(21)9-11)29(26,27)22-8-7-12-10-28-18-23-17(24-25(12)18)13-3-1-2-4-14(13)20/h1-6,9-10,22H,7-8H2. The van der Waals surface area contributed by atoms with Crippen molar-refractivity contribution in [2.45, 2.75) is 11.3 Å². The van der Waals surface area contributed by atoms with Crippen LogP contribution in [-0.2, 0) is 16.4 Å². The number of nitrogens with one attached hydrogen (secondary N) is 1. The monoisotopic (exact) mass is 438 g/mol. The molecule has 1 N–H and O–H groups in total. The van der Waals surface area contributed by atoms with Crippen LogP contribution in [0, 0.1) is 17.5 Å². The number of thiazole rings is 1. The van der Waals surface area contributed by atoms with E-state index in [1.54, 1.807) is 23.6 Å². The van der Waals surface area contributed by atoms with Crippen molar-refractivity contribution in [3.8, 4) is 11.4 Å². The van der Waals surface area contributed by atoms with Crippen LogP contribution in [0.25, 0.3) is 16.3 Å². The second kappa shape index (κ2) is 7.58. The zero-order valence-corrected chi connectivity index (χ0v) is 16.3. The molecule has 0 unspecified atom stereocenters. The minimum Gasteiger partial charge on any atom is -0.211 e. The molecular weight excluding hydrogens is 425 g/mol. The molecule has 0 bridgehead atoms. The highest BCUT2D eigenvalue weighted by Crippen LogP contribution is 2.23. The number of hydrogen-bond acceptors (Lipinski definition) is 5. The summed E-state index contributed by atoms with van der Waals surface area (Å²) in [6.45, 7) is -0.0418. The van der Waals surface area contributed by atoms with Crippen LogP contribution in [0.3, 0.4) is 0 Å². The Morgan fingerprint density at radius 3 is 2.62 bits per heavy atom. The Morgan fingerprint density at radius 2 is 1.86 bits per heavy atom. The van der Waals surface area contributed by atoms with Gasteiger partial charge < -0.3 is 0 Å². The second-order valence-corrected chi connectivity index (χ2v) is 8.63. The predicted octanol–water partition coefficient (Wildman–Crippen LogP) is 3.40. The highest BCUT2D eigenvalue weighted by Gasteiger charge is 2.20. The van der Waals surface area contributed by atoms with Crippen molar-refractivity contribution < 1.29 is 21.6 Å². The number of halogens is 3. The molecule has 4 aromatic rings. The summed E-state index contributed by atoms with van der Waals surface area (Å²) in [6.07, 6.45) is 0.238. The molecular formula is C18H13F3N4O2S2. The lowest BCUT2D eigenvalue weighted by atomic mass is 10.2. The van der Waals surface area contributed by atoms with Gasteiger partial charge in [-0.25, -0.2) is 30.8 Å². The first-order valence-corrected chi connectivity index (χ1v) is 10.7. The van der Waals surface area contributed by atoms with Crippen molar-refractivity contribution >= 4 is 26.3 Å². The van der Waals surface area contributed by atoms with Crippen LogP contribution in [0.2, 0.25) is 0 Å². The summed E-state index contributed by atoms with van der Waals surface area (Å²) in [5, 5.41) is 6.06. The van der Waals surface area contributed by atoms with Gasteiger partial charge in [0.2, 0.25) is 15.0 Å². The zero-order chi connectivity index (χ0) is 20.6. The number of fused-ring (bicyclic) bond motifs is 1. The number of sulfonamides is 1. The minimum atomic E-state index is -4.14. The van der Waals surface area contributed by atoms with Crippen LogP contribution in [0.4, 0.5) is 13.2 Å². The van der Waals surface area contributed by atoms with Gasteiger partial charge in [0, 0.05) is 24.4 Å². The Bertz CT molecular complexity index is 1300. The smallest absolute Gasteiger partial charge is 0.211 e. The van der Waals surface area contributed by atoms with Crippen molar-refractivity contribution in [2.24, 2.45) is 0 Å². The highest BCUT2D eigenvalue weighted by molar-refractivity contribution is 7.89. The van der Waals surface area contributed by atoms with Crippen LogP contribution in [-0.4, -0.2) is 29.6 Å². The van der Waals surface area contributed by atoms with Gasteiger partial charge in [0.25, 0.3) is 0 Å². The molecule has 2 aromatic heterocycles. The van der Waals surface area contributed by atoms with Gasteiger partial charge in [-0.1, -0.05) is 12.1 Å². The normalized spacial score (nSPS) is 12.0. The molecule has 2 aromatic carbocycles. The van der Waals surface area contributed by atoms with Crippen LogP contribution < -0.4 is 4.72 Å². The first kappa shape index (κ1) is 19.6. The van der Waals surface area contributed by atoms with Gasteiger partial charge in [-0.3, -0.25) is 0 Å². The molecule has 6 nitrogen and oxygen atoms in total. The van der Waals surface area contributed by atoms with E-state index in [4.69, 9.17) is 0 Å². The molecule has 4 rings (SSSR count). The number of nitrogens with zero attached hydrogens (tertiary/aromatic N) is 3. The summed E-state index contributed by atoms with van der Waals surface area (Å²) < 4.78 is 68.9. The van der Waals surface area contributed by atoms with Gasteiger partial charge in [0.15, 0.2) is 5.82 Å². The maximum Gasteiger partial charge on any atom is 0.243 e. The first-order valence-electron chi connectivity index (χ1n) is 8.38. The maximum atomic E-state index is 13.9. The fourth-order valence-corrected chi connectivity index (χ4v) is 4.68. The number of benzene rings is 2. The van der Waals surface area contributed by atoms with Crippen molar-refractivity contribution in [3.05, 3.63) is 71.0 Å². The molecule has 0 amide bonds. The number of aromatic nitrogens is 3. The van der Waals surface area contributed by atoms with Crippen LogP contribution in [0.15, 0.2) is 52.7 Å². The Morgan fingerprint density at radius 1 is 1.07 bits per heavy atom. The van der Waals surface area contributed by atoms with E-state index in [1.165, 1.54) is 21.9 Å². The molecule has 0 spiro atoms. The summed E-state index contributed by atoms with van der Waals surface area (Å²) in [5.41, 5.74) is 0.921. The van der Waals surface area contributed by atoms with E-state index in [-0.39, 0.29) is 24.4 Å². The van der Waals surface area contributed by atoms with Gasteiger partial charge >= 0.3 is 0 Å². The third-order valence-electron chi connectivity index (χ3n) is 4.12. The molecule has 0 saturated heterocycles. The van der Waals surface area contributed by atoms with Crippen molar-refractivity contribution in [3.63, 3.8) is 0 Å². The van der Waals surface area contributed by atoms with E-state index in [2.05, 4.69) is 14.8 Å². The van der Waals surface area contributed by atoms with E-state index in [9.17, 15) is 21.6 Å². The average molecular weight is 438 g/mol. The average Bonchev–Trinajstić information content (AvgIpc) is 3.23. The third kappa shape index (κ3) is 3.88. The van der Waals surface area contributed by atoms with Gasteiger partial charge in [0.05, 0.1) is 11.3 Å². The van der Waals surface area contributed by atoms with E-state index in [1.807, 2.05) is 0 Å². The lowest BCUT2D eigenvalue weighted by Crippen LogP contribution is -2.27.